The van der Waals surface area contributed by atoms with Crippen LogP contribution in [0.15, 0.2) is 0 Å². The van der Waals surface area contributed by atoms with Gasteiger partial charge in [-0.05, 0) is 18.4 Å². The van der Waals surface area contributed by atoms with Gasteiger partial charge in [-0.1, -0.05) is 0 Å². The van der Waals surface area contributed by atoms with Gasteiger partial charge in [0.15, 0.2) is 5.78 Å². The van der Waals surface area contributed by atoms with E-state index in [0.717, 1.165) is 17.8 Å². The fourth-order valence-electron chi connectivity index (χ4n) is 2.03. The maximum Gasteiger partial charge on any atom is 0.341 e. The molecule has 5 nitrogen and oxygen atoms in total. The molecule has 0 spiro atoms. The zero-order valence-corrected chi connectivity index (χ0v) is 11.0. The minimum atomic E-state index is -0.508. The van der Waals surface area contributed by atoms with Crippen molar-refractivity contribution in [3.8, 4) is 0 Å². The lowest BCUT2D eigenvalue weighted by molar-refractivity contribution is -0.114. The number of amides is 1. The third kappa shape index (κ3) is 2.15. The molecule has 0 saturated carbocycles. The number of thiophene rings is 1. The molecule has 0 radical (unpaired) electrons. The number of rotatable bonds is 2. The summed E-state index contributed by atoms with van der Waals surface area (Å²) in [6.45, 7) is 1.36. The van der Waals surface area contributed by atoms with Crippen LogP contribution in [0.2, 0.25) is 0 Å². The number of fused-ring (bicyclic) bond motifs is 1. The Bertz CT molecular complexity index is 532. The summed E-state index contributed by atoms with van der Waals surface area (Å²) in [5, 5.41) is 3.00. The Morgan fingerprint density at radius 2 is 2.06 bits per heavy atom. The molecule has 1 aromatic rings. The summed E-state index contributed by atoms with van der Waals surface area (Å²) in [4.78, 5) is 35.3. The van der Waals surface area contributed by atoms with Crippen LogP contribution in [0.3, 0.4) is 0 Å². The molecular formula is C12H13NO4S. The summed E-state index contributed by atoms with van der Waals surface area (Å²) >= 11 is 1.16. The standard InChI is InChI=1S/C12H13NO4S/c1-6(14)13-11-9(12(16)17-2)7-4-3-5-8(15)10(7)18-11/h3-5H2,1-2H3,(H,13,14). The summed E-state index contributed by atoms with van der Waals surface area (Å²) in [5.74, 6) is -0.750. The van der Waals surface area contributed by atoms with E-state index < -0.39 is 5.97 Å². The van der Waals surface area contributed by atoms with Crippen molar-refractivity contribution < 1.29 is 19.1 Å². The van der Waals surface area contributed by atoms with Crippen molar-refractivity contribution in [2.24, 2.45) is 0 Å². The zero-order chi connectivity index (χ0) is 13.3. The number of nitrogens with one attached hydrogen (secondary N) is 1. The van der Waals surface area contributed by atoms with Crippen molar-refractivity contribution in [1.29, 1.82) is 0 Å². The second-order valence-corrected chi connectivity index (χ2v) is 5.08. The van der Waals surface area contributed by atoms with E-state index in [1.165, 1.54) is 14.0 Å². The normalized spacial score (nSPS) is 14.0. The van der Waals surface area contributed by atoms with Gasteiger partial charge in [0.25, 0.3) is 0 Å². The smallest absolute Gasteiger partial charge is 0.341 e. The number of carbonyl (C=O) groups excluding carboxylic acids is 3. The van der Waals surface area contributed by atoms with Crippen LogP contribution < -0.4 is 5.32 Å². The van der Waals surface area contributed by atoms with E-state index in [2.05, 4.69) is 5.32 Å². The summed E-state index contributed by atoms with van der Waals surface area (Å²) in [7, 11) is 1.29. The number of ketones is 1. The SMILES string of the molecule is COC(=O)c1c(NC(C)=O)sc2c1CCCC2=O. The molecule has 1 aliphatic rings. The average molecular weight is 267 g/mol. The van der Waals surface area contributed by atoms with Gasteiger partial charge in [0.2, 0.25) is 5.91 Å². The highest BCUT2D eigenvalue weighted by molar-refractivity contribution is 7.18. The molecule has 2 rings (SSSR count). The minimum absolute atomic E-state index is 0.0306. The Morgan fingerprint density at radius 1 is 1.33 bits per heavy atom. The lowest BCUT2D eigenvalue weighted by Crippen LogP contribution is -2.13. The van der Waals surface area contributed by atoms with Gasteiger partial charge < -0.3 is 10.1 Å². The van der Waals surface area contributed by atoms with Crippen LogP contribution in [-0.2, 0) is 16.0 Å². The van der Waals surface area contributed by atoms with Gasteiger partial charge in [-0.3, -0.25) is 9.59 Å². The molecule has 6 heteroatoms. The van der Waals surface area contributed by atoms with Crippen molar-refractivity contribution in [2.45, 2.75) is 26.2 Å². The Labute approximate surface area is 108 Å². The van der Waals surface area contributed by atoms with Crippen LogP contribution >= 0.6 is 11.3 Å². The van der Waals surface area contributed by atoms with Crippen LogP contribution in [0.1, 0.15) is 45.4 Å². The van der Waals surface area contributed by atoms with E-state index in [1.54, 1.807) is 0 Å². The number of carbonyl (C=O) groups is 3. The molecule has 1 amide bonds. The molecule has 0 aromatic carbocycles. The quantitative estimate of drug-likeness (QED) is 0.832. The van der Waals surface area contributed by atoms with Crippen molar-refractivity contribution >= 4 is 34.0 Å². The Balaban J connectivity index is 2.55. The molecule has 96 valence electrons. The van der Waals surface area contributed by atoms with Gasteiger partial charge >= 0.3 is 5.97 Å². The van der Waals surface area contributed by atoms with Gasteiger partial charge in [0, 0.05) is 13.3 Å². The highest BCUT2D eigenvalue weighted by atomic mass is 32.1. The lowest BCUT2D eigenvalue weighted by atomic mass is 9.94. The van der Waals surface area contributed by atoms with Crippen LogP contribution in [0.25, 0.3) is 0 Å². The molecule has 0 fully saturated rings. The molecule has 0 aliphatic heterocycles. The lowest BCUT2D eigenvalue weighted by Gasteiger charge is -2.10. The molecule has 0 saturated heterocycles. The number of Topliss-reactive ketones (excluding diaryl/α,β-unsaturated/α-hetero) is 1. The first-order chi connectivity index (χ1) is 8.54. The van der Waals surface area contributed by atoms with Gasteiger partial charge in [-0.2, -0.15) is 0 Å². The highest BCUT2D eigenvalue weighted by Crippen LogP contribution is 2.38. The maximum atomic E-state index is 11.8. The number of hydrogen-bond acceptors (Lipinski definition) is 5. The third-order valence-electron chi connectivity index (χ3n) is 2.77. The van der Waals surface area contributed by atoms with Gasteiger partial charge in [-0.15, -0.1) is 11.3 Å². The van der Waals surface area contributed by atoms with Crippen molar-refractivity contribution in [3.63, 3.8) is 0 Å². The van der Waals surface area contributed by atoms with E-state index in [0.29, 0.717) is 33.8 Å². The average Bonchev–Trinajstić information content (AvgIpc) is 2.67. The number of anilines is 1. The summed E-state index contributed by atoms with van der Waals surface area (Å²) < 4.78 is 4.72. The molecule has 18 heavy (non-hydrogen) atoms. The zero-order valence-electron chi connectivity index (χ0n) is 10.2. The fourth-order valence-corrected chi connectivity index (χ4v) is 3.28. The molecule has 1 aliphatic carbocycles. The Morgan fingerprint density at radius 3 is 2.67 bits per heavy atom. The fraction of sp³-hybridized carbons (Fsp3) is 0.417. The topological polar surface area (TPSA) is 72.5 Å². The largest absolute Gasteiger partial charge is 0.465 e. The van der Waals surface area contributed by atoms with E-state index >= 15 is 0 Å². The first-order valence-corrected chi connectivity index (χ1v) is 6.41. The van der Waals surface area contributed by atoms with Crippen LogP contribution in [0.5, 0.6) is 0 Å². The highest BCUT2D eigenvalue weighted by Gasteiger charge is 2.30. The first-order valence-electron chi connectivity index (χ1n) is 5.59. The summed E-state index contributed by atoms with van der Waals surface area (Å²) in [6, 6.07) is 0. The number of esters is 1. The predicted octanol–water partition coefficient (Wildman–Crippen LogP) is 2.01. The van der Waals surface area contributed by atoms with E-state index in [9.17, 15) is 14.4 Å². The third-order valence-corrected chi connectivity index (χ3v) is 3.96. The second kappa shape index (κ2) is 4.89. The molecule has 1 heterocycles. The first kappa shape index (κ1) is 12.8. The Kier molecular flexibility index (Phi) is 3.47. The van der Waals surface area contributed by atoms with E-state index in [4.69, 9.17) is 4.74 Å². The minimum Gasteiger partial charge on any atom is -0.465 e. The number of ether oxygens (including phenoxy) is 1. The van der Waals surface area contributed by atoms with Crippen LogP contribution in [-0.4, -0.2) is 24.8 Å². The van der Waals surface area contributed by atoms with Gasteiger partial charge in [0.05, 0.1) is 17.6 Å². The molecule has 1 N–H and O–H groups in total. The molecule has 0 atom stereocenters. The van der Waals surface area contributed by atoms with E-state index in [1.807, 2.05) is 0 Å². The maximum absolute atomic E-state index is 11.8. The predicted molar refractivity (Wildman–Crippen MR) is 67.2 cm³/mol. The van der Waals surface area contributed by atoms with Crippen molar-refractivity contribution in [2.75, 3.05) is 12.4 Å². The summed E-state index contributed by atoms with van der Waals surface area (Å²) in [6.07, 6.45) is 1.89. The number of hydrogen-bond donors (Lipinski definition) is 1. The molecule has 1 aromatic heterocycles. The van der Waals surface area contributed by atoms with Gasteiger partial charge in [0.1, 0.15) is 5.00 Å². The summed E-state index contributed by atoms with van der Waals surface area (Å²) in [5.41, 5.74) is 1.05. The van der Waals surface area contributed by atoms with E-state index in [-0.39, 0.29) is 11.7 Å². The second-order valence-electron chi connectivity index (χ2n) is 4.06. The molecular weight excluding hydrogens is 254 g/mol. The van der Waals surface area contributed by atoms with Crippen LogP contribution in [0, 0.1) is 0 Å². The monoisotopic (exact) mass is 267 g/mol. The number of methoxy groups -OCH3 is 1. The molecule has 0 unspecified atom stereocenters. The van der Waals surface area contributed by atoms with Crippen LogP contribution in [0.4, 0.5) is 5.00 Å². The van der Waals surface area contributed by atoms with Gasteiger partial charge in [-0.25, -0.2) is 4.79 Å². The molecule has 0 bridgehead atoms. The van der Waals surface area contributed by atoms with Crippen molar-refractivity contribution in [3.05, 3.63) is 16.0 Å². The van der Waals surface area contributed by atoms with Crippen molar-refractivity contribution in [1.82, 2.24) is 0 Å². The Hall–Kier alpha value is -1.69.